The van der Waals surface area contributed by atoms with Gasteiger partial charge in [-0.2, -0.15) is 0 Å². The van der Waals surface area contributed by atoms with E-state index in [1.807, 2.05) is 36.2 Å². The number of aliphatic hydroxyl groups is 1. The van der Waals surface area contributed by atoms with Crippen LogP contribution in [0.4, 0.5) is 5.69 Å². The van der Waals surface area contributed by atoms with Gasteiger partial charge in [-0.05, 0) is 24.6 Å². The number of hydrogen-bond donors (Lipinski definition) is 1. The molecule has 0 aliphatic heterocycles. The van der Waals surface area contributed by atoms with E-state index < -0.39 is 6.10 Å². The number of aliphatic hydroxyl groups excluding tert-OH is 1. The van der Waals surface area contributed by atoms with Crippen LogP contribution in [0.5, 0.6) is 0 Å². The van der Waals surface area contributed by atoms with Gasteiger partial charge in [0.25, 0.3) is 0 Å². The minimum Gasteiger partial charge on any atom is -0.389 e. The first-order valence-corrected chi connectivity index (χ1v) is 4.57. The molecule has 1 aromatic carbocycles. The molecule has 2 heteroatoms. The molecule has 1 rings (SSSR count). The number of rotatable bonds is 3. The van der Waals surface area contributed by atoms with Crippen LogP contribution in [0.15, 0.2) is 24.3 Å². The van der Waals surface area contributed by atoms with Crippen molar-refractivity contribution in [3.63, 3.8) is 0 Å². The largest absolute Gasteiger partial charge is 0.389 e. The third-order valence-electron chi connectivity index (χ3n) is 2.14. The quantitative estimate of drug-likeness (QED) is 0.733. The second-order valence-electron chi connectivity index (χ2n) is 3.33. The minimum absolute atomic E-state index is 0.415. The molecule has 2 nitrogen and oxygen atoms in total. The van der Waals surface area contributed by atoms with Gasteiger partial charge in [0.05, 0.1) is 12.6 Å². The molecule has 0 spiro atoms. The maximum atomic E-state index is 9.31. The van der Waals surface area contributed by atoms with E-state index in [4.69, 9.17) is 6.42 Å². The molecule has 0 fully saturated rings. The Kier molecular flexibility index (Phi) is 3.55. The van der Waals surface area contributed by atoms with E-state index in [1.165, 1.54) is 0 Å². The van der Waals surface area contributed by atoms with Crippen molar-refractivity contribution in [2.45, 2.75) is 13.0 Å². The average Bonchev–Trinajstić information content (AvgIpc) is 2.18. The van der Waals surface area contributed by atoms with Crippen molar-refractivity contribution in [2.24, 2.45) is 0 Å². The third-order valence-corrected chi connectivity index (χ3v) is 2.14. The number of nitrogens with zero attached hydrogens (tertiary/aromatic N) is 1. The zero-order chi connectivity index (χ0) is 10.6. The van der Waals surface area contributed by atoms with Crippen LogP contribution in [-0.4, -0.2) is 18.7 Å². The van der Waals surface area contributed by atoms with E-state index in [9.17, 15) is 5.11 Å². The number of benzene rings is 1. The summed E-state index contributed by atoms with van der Waals surface area (Å²) in [6.07, 6.45) is 4.80. The van der Waals surface area contributed by atoms with Crippen molar-refractivity contribution in [1.29, 1.82) is 0 Å². The van der Waals surface area contributed by atoms with Crippen LogP contribution in [0.1, 0.15) is 18.6 Å². The van der Waals surface area contributed by atoms with E-state index >= 15 is 0 Å². The number of hydrogen-bond acceptors (Lipinski definition) is 2. The summed E-state index contributed by atoms with van der Waals surface area (Å²) >= 11 is 0. The normalized spacial score (nSPS) is 11.9. The van der Waals surface area contributed by atoms with Crippen LogP contribution in [0, 0.1) is 12.3 Å². The average molecular weight is 189 g/mol. The molecule has 14 heavy (non-hydrogen) atoms. The lowest BCUT2D eigenvalue weighted by molar-refractivity contribution is 0.199. The number of anilines is 1. The summed E-state index contributed by atoms with van der Waals surface area (Å²) < 4.78 is 0. The zero-order valence-corrected chi connectivity index (χ0v) is 8.57. The number of terminal acetylenes is 1. The third kappa shape index (κ3) is 2.51. The van der Waals surface area contributed by atoms with Crippen LogP contribution in [0.25, 0.3) is 0 Å². The smallest absolute Gasteiger partial charge is 0.0788 e. The van der Waals surface area contributed by atoms with Gasteiger partial charge in [-0.3, -0.25) is 0 Å². The van der Waals surface area contributed by atoms with Crippen molar-refractivity contribution >= 4 is 5.69 Å². The van der Waals surface area contributed by atoms with Crippen molar-refractivity contribution in [3.05, 3.63) is 29.8 Å². The monoisotopic (exact) mass is 189 g/mol. The molecule has 0 aromatic heterocycles. The first-order chi connectivity index (χ1) is 6.65. The molecule has 0 aliphatic carbocycles. The van der Waals surface area contributed by atoms with Gasteiger partial charge in [-0.15, -0.1) is 6.42 Å². The molecule has 0 bridgehead atoms. The van der Waals surface area contributed by atoms with E-state index in [0.29, 0.717) is 6.54 Å². The summed E-state index contributed by atoms with van der Waals surface area (Å²) in [5.74, 6) is 2.58. The van der Waals surface area contributed by atoms with Gasteiger partial charge in [0.15, 0.2) is 0 Å². The second kappa shape index (κ2) is 4.69. The zero-order valence-electron chi connectivity index (χ0n) is 8.57. The highest BCUT2D eigenvalue weighted by Gasteiger charge is 2.02. The van der Waals surface area contributed by atoms with Gasteiger partial charge in [0, 0.05) is 12.7 Å². The Labute approximate surface area is 85.2 Å². The topological polar surface area (TPSA) is 23.5 Å². The molecule has 0 aliphatic rings. The van der Waals surface area contributed by atoms with E-state index in [2.05, 4.69) is 5.92 Å². The molecule has 0 saturated heterocycles. The molecule has 74 valence electrons. The summed E-state index contributed by atoms with van der Waals surface area (Å²) in [4.78, 5) is 1.98. The molecular formula is C12H15NO. The Morgan fingerprint density at radius 3 is 2.43 bits per heavy atom. The Morgan fingerprint density at radius 2 is 2.00 bits per heavy atom. The standard InChI is InChI=1S/C12H15NO/c1-4-9-13(3)12-7-5-11(6-8-12)10(2)14/h1,5-8,10,14H,9H2,2-3H3/t10-/m1/s1. The molecule has 1 aromatic rings. The lowest BCUT2D eigenvalue weighted by Crippen LogP contribution is -2.16. The van der Waals surface area contributed by atoms with Gasteiger partial charge in [0.1, 0.15) is 0 Å². The van der Waals surface area contributed by atoms with Gasteiger partial charge in [0.2, 0.25) is 0 Å². The highest BCUT2D eigenvalue weighted by molar-refractivity contribution is 5.48. The maximum absolute atomic E-state index is 9.31. The molecule has 0 saturated carbocycles. The fourth-order valence-electron chi connectivity index (χ4n) is 1.24. The van der Waals surface area contributed by atoms with E-state index in [0.717, 1.165) is 11.3 Å². The summed E-state index contributed by atoms with van der Waals surface area (Å²) in [5.41, 5.74) is 1.98. The van der Waals surface area contributed by atoms with Crippen molar-refractivity contribution in [2.75, 3.05) is 18.5 Å². The maximum Gasteiger partial charge on any atom is 0.0788 e. The Balaban J connectivity index is 2.78. The molecule has 0 radical (unpaired) electrons. The van der Waals surface area contributed by atoms with Crippen LogP contribution in [0.2, 0.25) is 0 Å². The van der Waals surface area contributed by atoms with Crippen LogP contribution >= 0.6 is 0 Å². The van der Waals surface area contributed by atoms with Gasteiger partial charge in [-0.25, -0.2) is 0 Å². The van der Waals surface area contributed by atoms with E-state index in [1.54, 1.807) is 6.92 Å². The molecule has 1 atom stereocenters. The van der Waals surface area contributed by atoms with Crippen LogP contribution in [-0.2, 0) is 0 Å². The predicted octanol–water partition coefficient (Wildman–Crippen LogP) is 1.81. The predicted molar refractivity (Wildman–Crippen MR) is 59.2 cm³/mol. The van der Waals surface area contributed by atoms with Crippen molar-refractivity contribution in [1.82, 2.24) is 0 Å². The Hall–Kier alpha value is -1.46. The highest BCUT2D eigenvalue weighted by atomic mass is 16.3. The molecule has 0 heterocycles. The van der Waals surface area contributed by atoms with E-state index in [-0.39, 0.29) is 0 Å². The SMILES string of the molecule is C#CCN(C)c1ccc([C@@H](C)O)cc1. The lowest BCUT2D eigenvalue weighted by atomic mass is 10.1. The molecular weight excluding hydrogens is 174 g/mol. The summed E-state index contributed by atoms with van der Waals surface area (Å²) in [6.45, 7) is 2.34. The fraction of sp³-hybridized carbons (Fsp3) is 0.333. The van der Waals surface area contributed by atoms with Crippen molar-refractivity contribution in [3.8, 4) is 12.3 Å². The van der Waals surface area contributed by atoms with Crippen LogP contribution < -0.4 is 4.90 Å². The molecule has 1 N–H and O–H groups in total. The van der Waals surface area contributed by atoms with Gasteiger partial charge >= 0.3 is 0 Å². The van der Waals surface area contributed by atoms with Gasteiger partial charge in [-0.1, -0.05) is 18.1 Å². The Bertz CT molecular complexity index is 321. The lowest BCUT2D eigenvalue weighted by Gasteiger charge is -2.16. The minimum atomic E-state index is -0.415. The summed E-state index contributed by atoms with van der Waals surface area (Å²) in [7, 11) is 1.94. The van der Waals surface area contributed by atoms with Crippen LogP contribution in [0.3, 0.4) is 0 Å². The summed E-state index contributed by atoms with van der Waals surface area (Å²) in [6, 6.07) is 7.73. The highest BCUT2D eigenvalue weighted by Crippen LogP contribution is 2.17. The first kappa shape index (κ1) is 10.6. The first-order valence-electron chi connectivity index (χ1n) is 4.57. The summed E-state index contributed by atoms with van der Waals surface area (Å²) in [5, 5.41) is 9.31. The Morgan fingerprint density at radius 1 is 1.43 bits per heavy atom. The van der Waals surface area contributed by atoms with Gasteiger partial charge < -0.3 is 10.0 Å². The van der Waals surface area contributed by atoms with Crippen molar-refractivity contribution < 1.29 is 5.11 Å². The second-order valence-corrected chi connectivity index (χ2v) is 3.33. The molecule has 0 amide bonds. The molecule has 0 unspecified atom stereocenters. The fourth-order valence-corrected chi connectivity index (χ4v) is 1.24.